The number of benzene rings is 1. The average molecular weight is 306 g/mol. The molecule has 0 spiro atoms. The zero-order valence-electron chi connectivity index (χ0n) is 11.0. The summed E-state index contributed by atoms with van der Waals surface area (Å²) in [4.78, 5) is 12.9. The summed E-state index contributed by atoms with van der Waals surface area (Å²) in [6, 6.07) is 4.48. The number of carbonyl (C=O) groups excluding carboxylic acids is 1. The van der Waals surface area contributed by atoms with Crippen LogP contribution in [0.1, 0.15) is 12.0 Å². The van der Waals surface area contributed by atoms with E-state index >= 15 is 0 Å². The van der Waals surface area contributed by atoms with E-state index in [2.05, 4.69) is 0 Å². The largest absolute Gasteiger partial charge is 0.493 e. The maximum Gasteiger partial charge on any atom is 0.261 e. The van der Waals surface area contributed by atoms with Crippen LogP contribution in [0.3, 0.4) is 0 Å². The van der Waals surface area contributed by atoms with Gasteiger partial charge in [0, 0.05) is 24.8 Å². The molecule has 7 heteroatoms. The van der Waals surface area contributed by atoms with Crippen LogP contribution in [0.25, 0.3) is 0 Å². The summed E-state index contributed by atoms with van der Waals surface area (Å²) >= 11 is 0. The minimum atomic E-state index is -3.74. The standard InChI is InChI=1S/C12H16ClNO4S/c1-9-8-10(4-5-11(9)19(13,16)17)18-7-6-12(15)14(2)3/h4-5,8H,6-7H2,1-3H3. The Balaban J connectivity index is 2.68. The molecule has 0 saturated heterocycles. The fourth-order valence-corrected chi connectivity index (χ4v) is 2.66. The lowest BCUT2D eigenvalue weighted by Crippen LogP contribution is -2.23. The Morgan fingerprint density at radius 3 is 2.47 bits per heavy atom. The van der Waals surface area contributed by atoms with Crippen molar-refractivity contribution in [3.05, 3.63) is 23.8 Å². The van der Waals surface area contributed by atoms with Crippen molar-refractivity contribution in [2.45, 2.75) is 18.2 Å². The lowest BCUT2D eigenvalue weighted by molar-refractivity contribution is -0.129. The summed E-state index contributed by atoms with van der Waals surface area (Å²) in [5, 5.41) is 0. The molecule has 5 nitrogen and oxygen atoms in total. The van der Waals surface area contributed by atoms with Gasteiger partial charge in [-0.05, 0) is 30.7 Å². The molecule has 0 aliphatic carbocycles. The molecular formula is C12H16ClNO4S. The molecule has 19 heavy (non-hydrogen) atoms. The zero-order chi connectivity index (χ0) is 14.6. The Kier molecular flexibility index (Phi) is 5.20. The Morgan fingerprint density at radius 1 is 1.37 bits per heavy atom. The second-order valence-corrected chi connectivity index (χ2v) is 6.79. The Hall–Kier alpha value is -1.27. The van der Waals surface area contributed by atoms with Crippen molar-refractivity contribution in [2.75, 3.05) is 20.7 Å². The van der Waals surface area contributed by atoms with E-state index in [1.807, 2.05) is 0 Å². The highest BCUT2D eigenvalue weighted by atomic mass is 35.7. The molecule has 0 radical (unpaired) electrons. The molecule has 106 valence electrons. The number of hydrogen-bond donors (Lipinski definition) is 0. The highest BCUT2D eigenvalue weighted by molar-refractivity contribution is 8.13. The first kappa shape index (κ1) is 15.8. The highest BCUT2D eigenvalue weighted by Crippen LogP contribution is 2.23. The molecule has 0 aliphatic rings. The number of rotatable bonds is 5. The normalized spacial score (nSPS) is 11.2. The van der Waals surface area contributed by atoms with Gasteiger partial charge in [0.15, 0.2) is 0 Å². The number of hydrogen-bond acceptors (Lipinski definition) is 4. The van der Waals surface area contributed by atoms with E-state index in [-0.39, 0.29) is 23.8 Å². The summed E-state index contributed by atoms with van der Waals surface area (Å²) in [6.07, 6.45) is 0.265. The Bertz CT molecular complexity index is 569. The fraction of sp³-hybridized carbons (Fsp3) is 0.417. The van der Waals surface area contributed by atoms with Gasteiger partial charge in [-0.15, -0.1) is 0 Å². The van der Waals surface area contributed by atoms with Gasteiger partial charge in [0.2, 0.25) is 5.91 Å². The van der Waals surface area contributed by atoms with Crippen LogP contribution in [0, 0.1) is 6.92 Å². The van der Waals surface area contributed by atoms with E-state index in [4.69, 9.17) is 15.4 Å². The van der Waals surface area contributed by atoms with Crippen molar-refractivity contribution in [3.63, 3.8) is 0 Å². The van der Waals surface area contributed by atoms with Gasteiger partial charge < -0.3 is 9.64 Å². The van der Waals surface area contributed by atoms with Crippen molar-refractivity contribution in [1.82, 2.24) is 4.90 Å². The lowest BCUT2D eigenvalue weighted by atomic mass is 10.2. The lowest BCUT2D eigenvalue weighted by Gasteiger charge is -2.11. The zero-order valence-corrected chi connectivity index (χ0v) is 12.6. The van der Waals surface area contributed by atoms with E-state index in [1.54, 1.807) is 27.1 Å². The summed E-state index contributed by atoms with van der Waals surface area (Å²) in [6.45, 7) is 1.87. The van der Waals surface area contributed by atoms with Gasteiger partial charge in [0.05, 0.1) is 17.9 Å². The third-order valence-corrected chi connectivity index (χ3v) is 3.97. The number of ether oxygens (including phenoxy) is 1. The second kappa shape index (κ2) is 6.25. The number of amides is 1. The monoisotopic (exact) mass is 305 g/mol. The minimum Gasteiger partial charge on any atom is -0.493 e. The van der Waals surface area contributed by atoms with E-state index in [0.29, 0.717) is 11.3 Å². The Morgan fingerprint density at radius 2 is 2.00 bits per heavy atom. The topological polar surface area (TPSA) is 63.7 Å². The summed E-state index contributed by atoms with van der Waals surface area (Å²) in [5.41, 5.74) is 0.506. The fourth-order valence-electron chi connectivity index (χ4n) is 1.47. The summed E-state index contributed by atoms with van der Waals surface area (Å²) in [7, 11) is 4.89. The van der Waals surface area contributed by atoms with E-state index < -0.39 is 9.05 Å². The van der Waals surface area contributed by atoms with Gasteiger partial charge in [0.25, 0.3) is 9.05 Å². The Labute approximate surface area is 117 Å². The first-order valence-corrected chi connectivity index (χ1v) is 7.91. The van der Waals surface area contributed by atoms with Crippen molar-refractivity contribution in [2.24, 2.45) is 0 Å². The molecule has 1 rings (SSSR count). The molecule has 0 aliphatic heterocycles. The third kappa shape index (κ3) is 4.72. The van der Waals surface area contributed by atoms with Crippen molar-refractivity contribution in [1.29, 1.82) is 0 Å². The van der Waals surface area contributed by atoms with Crippen molar-refractivity contribution < 1.29 is 17.9 Å². The number of aryl methyl sites for hydroxylation is 1. The van der Waals surface area contributed by atoms with Crippen LogP contribution in [0.15, 0.2) is 23.1 Å². The minimum absolute atomic E-state index is 0.0309. The van der Waals surface area contributed by atoms with Gasteiger partial charge in [-0.3, -0.25) is 4.79 Å². The summed E-state index contributed by atoms with van der Waals surface area (Å²) < 4.78 is 27.8. The third-order valence-electron chi connectivity index (χ3n) is 2.49. The van der Waals surface area contributed by atoms with Crippen LogP contribution in [-0.2, 0) is 13.8 Å². The van der Waals surface area contributed by atoms with Crippen molar-refractivity contribution in [3.8, 4) is 5.75 Å². The maximum absolute atomic E-state index is 11.3. The molecule has 0 fully saturated rings. The average Bonchev–Trinajstić information content (AvgIpc) is 2.27. The van der Waals surface area contributed by atoms with Crippen LogP contribution in [0.2, 0.25) is 0 Å². The van der Waals surface area contributed by atoms with Crippen molar-refractivity contribution >= 4 is 25.6 Å². The molecule has 1 amide bonds. The predicted octanol–water partition coefficient (Wildman–Crippen LogP) is 1.78. The van der Waals surface area contributed by atoms with Gasteiger partial charge in [-0.2, -0.15) is 0 Å². The predicted molar refractivity (Wildman–Crippen MR) is 73.0 cm³/mol. The quantitative estimate of drug-likeness (QED) is 0.778. The number of nitrogens with zero attached hydrogens (tertiary/aromatic N) is 1. The molecule has 0 atom stereocenters. The van der Waals surface area contributed by atoms with E-state index in [1.165, 1.54) is 17.0 Å². The van der Waals surface area contributed by atoms with E-state index in [9.17, 15) is 13.2 Å². The first-order valence-electron chi connectivity index (χ1n) is 5.60. The second-order valence-electron chi connectivity index (χ2n) is 4.25. The summed E-state index contributed by atoms with van der Waals surface area (Å²) in [5.74, 6) is 0.477. The highest BCUT2D eigenvalue weighted by Gasteiger charge is 2.13. The first-order chi connectivity index (χ1) is 8.71. The van der Waals surface area contributed by atoms with Gasteiger partial charge in [-0.1, -0.05) is 0 Å². The molecule has 0 aromatic heterocycles. The smallest absolute Gasteiger partial charge is 0.261 e. The van der Waals surface area contributed by atoms with Crippen LogP contribution < -0.4 is 4.74 Å². The number of halogens is 1. The molecule has 0 bridgehead atoms. The van der Waals surface area contributed by atoms with E-state index in [0.717, 1.165) is 0 Å². The molecule has 1 aromatic rings. The molecule has 0 saturated carbocycles. The van der Waals surface area contributed by atoms with Crippen LogP contribution in [0.5, 0.6) is 5.75 Å². The van der Waals surface area contributed by atoms with Crippen LogP contribution >= 0.6 is 10.7 Å². The maximum atomic E-state index is 11.3. The number of carbonyl (C=O) groups is 1. The van der Waals surface area contributed by atoms with Crippen LogP contribution in [0.4, 0.5) is 0 Å². The molecular weight excluding hydrogens is 290 g/mol. The molecule has 0 N–H and O–H groups in total. The molecule has 1 aromatic carbocycles. The van der Waals surface area contributed by atoms with Gasteiger partial charge in [0.1, 0.15) is 5.75 Å². The molecule has 0 unspecified atom stereocenters. The SMILES string of the molecule is Cc1cc(OCCC(=O)N(C)C)ccc1S(=O)(=O)Cl. The molecule has 0 heterocycles. The van der Waals surface area contributed by atoms with Crippen LogP contribution in [-0.4, -0.2) is 39.9 Å². The van der Waals surface area contributed by atoms with Gasteiger partial charge >= 0.3 is 0 Å². The van der Waals surface area contributed by atoms with Gasteiger partial charge in [-0.25, -0.2) is 8.42 Å².